The van der Waals surface area contributed by atoms with Gasteiger partial charge in [0.05, 0.1) is 11.0 Å². The van der Waals surface area contributed by atoms with Crippen molar-refractivity contribution in [2.45, 2.75) is 32.3 Å². The number of anilines is 1. The molecule has 0 bridgehead atoms. The lowest BCUT2D eigenvalue weighted by Gasteiger charge is -2.15. The quantitative estimate of drug-likeness (QED) is 0.630. The Labute approximate surface area is 105 Å². The minimum Gasteiger partial charge on any atom is -0.393 e. The van der Waals surface area contributed by atoms with Crippen LogP contribution in [-0.2, 0) is 0 Å². The average Bonchev–Trinajstić information content (AvgIpc) is 2.72. The zero-order valence-corrected chi connectivity index (χ0v) is 10.3. The van der Waals surface area contributed by atoms with Crippen LogP contribution in [0.1, 0.15) is 25.0 Å². The van der Waals surface area contributed by atoms with Crippen LogP contribution in [0.4, 0.5) is 11.5 Å². The highest BCUT2D eigenvalue weighted by atomic mass is 16.6. The largest absolute Gasteiger partial charge is 0.393 e. The third-order valence-electron chi connectivity index (χ3n) is 3.36. The third-order valence-corrected chi connectivity index (χ3v) is 3.36. The van der Waals surface area contributed by atoms with Crippen molar-refractivity contribution >= 4 is 11.5 Å². The predicted octanol–water partition coefficient (Wildman–Crippen LogP) is 1.87. The van der Waals surface area contributed by atoms with Crippen LogP contribution in [0.2, 0.25) is 0 Å². The fraction of sp³-hybridized carbons (Fsp3) is 0.583. The van der Waals surface area contributed by atoms with Gasteiger partial charge in [-0.2, -0.15) is 0 Å². The van der Waals surface area contributed by atoms with Gasteiger partial charge in [-0.25, -0.2) is 4.98 Å². The van der Waals surface area contributed by atoms with Crippen molar-refractivity contribution in [3.8, 4) is 0 Å². The second-order valence-electron chi connectivity index (χ2n) is 4.72. The van der Waals surface area contributed by atoms with Gasteiger partial charge in [0, 0.05) is 24.2 Å². The Bertz CT molecular complexity index is 450. The molecule has 2 atom stereocenters. The lowest BCUT2D eigenvalue weighted by atomic mass is 10.1. The summed E-state index contributed by atoms with van der Waals surface area (Å²) in [4.78, 5) is 14.6. The molecular formula is C12H17N3O3. The number of aliphatic hydroxyl groups is 1. The monoisotopic (exact) mass is 251 g/mol. The molecule has 0 radical (unpaired) electrons. The molecule has 6 nitrogen and oxygen atoms in total. The lowest BCUT2D eigenvalue weighted by molar-refractivity contribution is -0.384. The molecule has 1 aromatic heterocycles. The standard InChI is InChI=1S/C12H17N3O3/c1-8-5-6-10(15(17)18)12(14-8)13-7-9-3-2-4-11(9)16/h5-6,9,11,16H,2-4,7H2,1H3,(H,13,14). The van der Waals surface area contributed by atoms with Crippen LogP contribution >= 0.6 is 0 Å². The smallest absolute Gasteiger partial charge is 0.311 e. The van der Waals surface area contributed by atoms with Crippen LogP contribution in [-0.4, -0.2) is 27.7 Å². The summed E-state index contributed by atoms with van der Waals surface area (Å²) in [5.41, 5.74) is 0.711. The summed E-state index contributed by atoms with van der Waals surface area (Å²) in [5, 5.41) is 23.6. The van der Waals surface area contributed by atoms with Gasteiger partial charge in [0.15, 0.2) is 0 Å². The second-order valence-corrected chi connectivity index (χ2v) is 4.72. The molecule has 1 saturated carbocycles. The molecule has 0 spiro atoms. The topological polar surface area (TPSA) is 88.3 Å². The van der Waals surface area contributed by atoms with E-state index in [1.165, 1.54) is 6.07 Å². The van der Waals surface area contributed by atoms with E-state index in [1.807, 2.05) is 0 Å². The molecule has 2 unspecified atom stereocenters. The van der Waals surface area contributed by atoms with Gasteiger partial charge in [-0.1, -0.05) is 6.42 Å². The van der Waals surface area contributed by atoms with E-state index in [2.05, 4.69) is 10.3 Å². The molecule has 2 rings (SSSR count). The molecule has 0 aliphatic heterocycles. The minimum atomic E-state index is -0.445. The van der Waals surface area contributed by atoms with Gasteiger partial charge in [0.1, 0.15) is 0 Å². The molecule has 1 aliphatic rings. The summed E-state index contributed by atoms with van der Waals surface area (Å²) in [6.45, 7) is 2.32. The van der Waals surface area contributed by atoms with Crippen LogP contribution < -0.4 is 5.32 Å². The SMILES string of the molecule is Cc1ccc([N+](=O)[O-])c(NCC2CCCC2O)n1. The van der Waals surface area contributed by atoms with Crippen LogP contribution in [0.5, 0.6) is 0 Å². The Morgan fingerprint density at radius 2 is 2.33 bits per heavy atom. The van der Waals surface area contributed by atoms with Gasteiger partial charge in [-0.3, -0.25) is 10.1 Å². The van der Waals surface area contributed by atoms with E-state index < -0.39 is 4.92 Å². The maximum Gasteiger partial charge on any atom is 0.311 e. The van der Waals surface area contributed by atoms with E-state index in [1.54, 1.807) is 13.0 Å². The minimum absolute atomic E-state index is 0.0203. The fourth-order valence-electron chi connectivity index (χ4n) is 2.31. The molecule has 18 heavy (non-hydrogen) atoms. The van der Waals surface area contributed by atoms with E-state index in [4.69, 9.17) is 0 Å². The molecule has 0 amide bonds. The van der Waals surface area contributed by atoms with E-state index in [9.17, 15) is 15.2 Å². The summed E-state index contributed by atoms with van der Waals surface area (Å²) < 4.78 is 0. The summed E-state index contributed by atoms with van der Waals surface area (Å²) in [7, 11) is 0. The van der Waals surface area contributed by atoms with Gasteiger partial charge in [0.2, 0.25) is 5.82 Å². The molecule has 1 aromatic rings. The van der Waals surface area contributed by atoms with E-state index in [0.717, 1.165) is 25.0 Å². The number of hydrogen-bond donors (Lipinski definition) is 2. The third kappa shape index (κ3) is 2.76. The van der Waals surface area contributed by atoms with Crippen LogP contribution in [0.3, 0.4) is 0 Å². The number of aromatic nitrogens is 1. The molecule has 98 valence electrons. The number of hydrogen-bond acceptors (Lipinski definition) is 5. The average molecular weight is 251 g/mol. The van der Waals surface area contributed by atoms with Gasteiger partial charge < -0.3 is 10.4 Å². The van der Waals surface area contributed by atoms with Crippen LogP contribution in [0.25, 0.3) is 0 Å². The number of aliphatic hydroxyl groups excluding tert-OH is 1. The lowest BCUT2D eigenvalue weighted by Crippen LogP contribution is -2.22. The first kappa shape index (κ1) is 12.8. The molecule has 1 aliphatic carbocycles. The van der Waals surface area contributed by atoms with Crippen LogP contribution in [0, 0.1) is 23.0 Å². The fourth-order valence-corrected chi connectivity index (χ4v) is 2.31. The summed E-state index contributed by atoms with van der Waals surface area (Å²) in [6.07, 6.45) is 2.47. The van der Waals surface area contributed by atoms with Gasteiger partial charge in [-0.05, 0) is 25.8 Å². The Balaban J connectivity index is 2.08. The Hall–Kier alpha value is -1.69. The molecule has 2 N–H and O–H groups in total. The zero-order chi connectivity index (χ0) is 13.1. The normalized spacial score (nSPS) is 23.0. The van der Waals surface area contributed by atoms with Gasteiger partial charge in [0.25, 0.3) is 0 Å². The van der Waals surface area contributed by atoms with Gasteiger partial charge >= 0.3 is 5.69 Å². The zero-order valence-electron chi connectivity index (χ0n) is 10.3. The van der Waals surface area contributed by atoms with Crippen molar-refractivity contribution in [1.29, 1.82) is 0 Å². The molecule has 0 aromatic carbocycles. The number of nitrogens with zero attached hydrogens (tertiary/aromatic N) is 2. The van der Waals surface area contributed by atoms with E-state index in [-0.39, 0.29) is 17.7 Å². The highest BCUT2D eigenvalue weighted by Crippen LogP contribution is 2.27. The summed E-state index contributed by atoms with van der Waals surface area (Å²) in [6, 6.07) is 3.07. The number of pyridine rings is 1. The van der Waals surface area contributed by atoms with Crippen molar-refractivity contribution in [3.63, 3.8) is 0 Å². The number of aryl methyl sites for hydroxylation is 1. The molecule has 1 fully saturated rings. The van der Waals surface area contributed by atoms with E-state index in [0.29, 0.717) is 12.4 Å². The molecular weight excluding hydrogens is 234 g/mol. The van der Waals surface area contributed by atoms with Gasteiger partial charge in [-0.15, -0.1) is 0 Å². The first-order valence-electron chi connectivity index (χ1n) is 6.12. The second kappa shape index (κ2) is 5.30. The highest BCUT2D eigenvalue weighted by molar-refractivity contribution is 5.56. The maximum atomic E-state index is 10.9. The van der Waals surface area contributed by atoms with Crippen molar-refractivity contribution < 1.29 is 10.0 Å². The highest BCUT2D eigenvalue weighted by Gasteiger charge is 2.26. The molecule has 6 heteroatoms. The first-order valence-corrected chi connectivity index (χ1v) is 6.12. The Kier molecular flexibility index (Phi) is 3.76. The van der Waals surface area contributed by atoms with E-state index >= 15 is 0 Å². The Morgan fingerprint density at radius 1 is 1.56 bits per heavy atom. The summed E-state index contributed by atoms with van der Waals surface area (Å²) in [5.74, 6) is 0.450. The number of nitro groups is 1. The molecule has 1 heterocycles. The number of nitrogens with one attached hydrogen (secondary N) is 1. The summed E-state index contributed by atoms with van der Waals surface area (Å²) >= 11 is 0. The van der Waals surface area contributed by atoms with Crippen molar-refractivity contribution in [2.75, 3.05) is 11.9 Å². The molecule has 0 saturated heterocycles. The first-order chi connectivity index (χ1) is 8.58. The maximum absolute atomic E-state index is 10.9. The van der Waals surface area contributed by atoms with Crippen molar-refractivity contribution in [2.24, 2.45) is 5.92 Å². The van der Waals surface area contributed by atoms with Crippen molar-refractivity contribution in [1.82, 2.24) is 4.98 Å². The Morgan fingerprint density at radius 3 is 2.94 bits per heavy atom. The predicted molar refractivity (Wildman–Crippen MR) is 67.5 cm³/mol. The van der Waals surface area contributed by atoms with Crippen LogP contribution in [0.15, 0.2) is 12.1 Å². The van der Waals surface area contributed by atoms with Crippen molar-refractivity contribution in [3.05, 3.63) is 27.9 Å². The number of rotatable bonds is 4.